The van der Waals surface area contributed by atoms with Crippen LogP contribution in [0.3, 0.4) is 0 Å². The minimum Gasteiger partial charge on any atom is -0.478 e. The molecule has 0 aromatic carbocycles. The molecule has 0 aliphatic rings. The lowest BCUT2D eigenvalue weighted by atomic mass is 10.2. The molecule has 0 fully saturated rings. The maximum Gasteiger partial charge on any atom is 0.339 e. The molecule has 0 spiro atoms. The van der Waals surface area contributed by atoms with E-state index >= 15 is 0 Å². The number of carboxylic acids is 1. The van der Waals surface area contributed by atoms with E-state index in [2.05, 4.69) is 20.6 Å². The van der Waals surface area contributed by atoms with E-state index in [1.54, 1.807) is 0 Å². The average molecular weight is 266 g/mol. The van der Waals surface area contributed by atoms with Gasteiger partial charge in [-0.2, -0.15) is 0 Å². The molecule has 0 aliphatic heterocycles. The SMILES string of the molecule is CC(C)NC(=O)CCNCc1ncncc1C(=O)O. The highest BCUT2D eigenvalue weighted by Crippen LogP contribution is 2.02. The maximum atomic E-state index is 11.4. The van der Waals surface area contributed by atoms with Crippen LogP contribution >= 0.6 is 0 Å². The van der Waals surface area contributed by atoms with Crippen molar-refractivity contribution in [3.63, 3.8) is 0 Å². The number of carbonyl (C=O) groups excluding carboxylic acids is 1. The van der Waals surface area contributed by atoms with Crippen molar-refractivity contribution in [1.82, 2.24) is 20.6 Å². The number of rotatable bonds is 7. The van der Waals surface area contributed by atoms with E-state index < -0.39 is 5.97 Å². The molecule has 7 nitrogen and oxygen atoms in total. The monoisotopic (exact) mass is 266 g/mol. The first-order chi connectivity index (χ1) is 9.00. The number of aromatic nitrogens is 2. The first-order valence-corrected chi connectivity index (χ1v) is 6.03. The fraction of sp³-hybridized carbons (Fsp3) is 0.500. The number of amides is 1. The van der Waals surface area contributed by atoms with Gasteiger partial charge < -0.3 is 15.7 Å². The summed E-state index contributed by atoms with van der Waals surface area (Å²) in [5.74, 6) is -1.10. The first-order valence-electron chi connectivity index (χ1n) is 6.03. The molecule has 1 heterocycles. The summed E-state index contributed by atoms with van der Waals surface area (Å²) >= 11 is 0. The van der Waals surface area contributed by atoms with Crippen molar-refractivity contribution in [1.29, 1.82) is 0 Å². The predicted octanol–water partition coefficient (Wildman–Crippen LogP) is 0.179. The van der Waals surface area contributed by atoms with E-state index in [9.17, 15) is 9.59 Å². The normalized spacial score (nSPS) is 10.5. The molecule has 104 valence electrons. The molecule has 1 aromatic heterocycles. The van der Waals surface area contributed by atoms with Crippen LogP contribution in [0.4, 0.5) is 0 Å². The van der Waals surface area contributed by atoms with E-state index in [-0.39, 0.29) is 17.5 Å². The molecule has 0 unspecified atom stereocenters. The van der Waals surface area contributed by atoms with E-state index in [1.165, 1.54) is 12.5 Å². The molecule has 0 bridgehead atoms. The van der Waals surface area contributed by atoms with Gasteiger partial charge >= 0.3 is 5.97 Å². The Kier molecular flexibility index (Phi) is 5.87. The zero-order valence-corrected chi connectivity index (χ0v) is 11.0. The van der Waals surface area contributed by atoms with Gasteiger partial charge in [0.15, 0.2) is 0 Å². The number of hydrogen-bond acceptors (Lipinski definition) is 5. The fourth-order valence-electron chi connectivity index (χ4n) is 1.48. The number of aromatic carboxylic acids is 1. The van der Waals surface area contributed by atoms with Gasteiger partial charge in [-0.05, 0) is 13.8 Å². The predicted molar refractivity (Wildman–Crippen MR) is 68.6 cm³/mol. The standard InChI is InChI=1S/C12H18N4O3/c1-8(2)16-11(17)3-4-13-6-10-9(12(18)19)5-14-7-15-10/h5,7-8,13H,3-4,6H2,1-2H3,(H,16,17)(H,18,19). The van der Waals surface area contributed by atoms with Gasteiger partial charge in [-0.1, -0.05) is 0 Å². The summed E-state index contributed by atoms with van der Waals surface area (Å²) in [6.07, 6.45) is 2.90. The Morgan fingerprint density at radius 3 is 2.79 bits per heavy atom. The molecule has 3 N–H and O–H groups in total. The van der Waals surface area contributed by atoms with E-state index in [1.807, 2.05) is 13.8 Å². The van der Waals surface area contributed by atoms with Crippen LogP contribution in [0.25, 0.3) is 0 Å². The van der Waals surface area contributed by atoms with Crippen LogP contribution in [0.5, 0.6) is 0 Å². The molecular weight excluding hydrogens is 248 g/mol. The Labute approximate surface area is 111 Å². The maximum absolute atomic E-state index is 11.4. The fourth-order valence-corrected chi connectivity index (χ4v) is 1.48. The Morgan fingerprint density at radius 1 is 1.42 bits per heavy atom. The van der Waals surface area contributed by atoms with Gasteiger partial charge in [0, 0.05) is 31.7 Å². The molecule has 0 atom stereocenters. The van der Waals surface area contributed by atoms with Gasteiger partial charge in [0.05, 0.1) is 5.69 Å². The lowest BCUT2D eigenvalue weighted by molar-refractivity contribution is -0.121. The van der Waals surface area contributed by atoms with Crippen molar-refractivity contribution in [2.24, 2.45) is 0 Å². The number of hydrogen-bond donors (Lipinski definition) is 3. The topological polar surface area (TPSA) is 104 Å². The van der Waals surface area contributed by atoms with E-state index in [0.717, 1.165) is 0 Å². The summed E-state index contributed by atoms with van der Waals surface area (Å²) in [5, 5.41) is 14.7. The first kappa shape index (κ1) is 15.0. The Bertz CT molecular complexity index is 448. The summed E-state index contributed by atoms with van der Waals surface area (Å²) in [7, 11) is 0. The lowest BCUT2D eigenvalue weighted by Gasteiger charge is -2.09. The van der Waals surface area contributed by atoms with Crippen molar-refractivity contribution in [3.05, 3.63) is 23.8 Å². The second-order valence-electron chi connectivity index (χ2n) is 4.34. The van der Waals surface area contributed by atoms with Gasteiger partial charge in [-0.3, -0.25) is 4.79 Å². The van der Waals surface area contributed by atoms with Gasteiger partial charge in [-0.25, -0.2) is 14.8 Å². The molecule has 7 heteroatoms. The summed E-state index contributed by atoms with van der Waals surface area (Å²) in [4.78, 5) is 29.9. The minimum absolute atomic E-state index is 0.0383. The molecule has 1 rings (SSSR count). The zero-order chi connectivity index (χ0) is 14.3. The molecule has 19 heavy (non-hydrogen) atoms. The molecule has 0 aliphatic carbocycles. The second-order valence-corrected chi connectivity index (χ2v) is 4.34. The van der Waals surface area contributed by atoms with E-state index in [4.69, 9.17) is 5.11 Å². The quantitative estimate of drug-likeness (QED) is 0.608. The molecule has 0 radical (unpaired) electrons. The van der Waals surface area contributed by atoms with E-state index in [0.29, 0.717) is 25.2 Å². The molecule has 0 saturated heterocycles. The van der Waals surface area contributed by atoms with Crippen LogP contribution in [-0.2, 0) is 11.3 Å². The Morgan fingerprint density at radius 2 is 2.16 bits per heavy atom. The van der Waals surface area contributed by atoms with Crippen molar-refractivity contribution in [2.45, 2.75) is 32.9 Å². The van der Waals surface area contributed by atoms with Crippen LogP contribution in [0.2, 0.25) is 0 Å². The van der Waals surface area contributed by atoms with Crippen LogP contribution in [0.15, 0.2) is 12.5 Å². The summed E-state index contributed by atoms with van der Waals surface area (Å²) in [5.41, 5.74) is 0.480. The molecular formula is C12H18N4O3. The number of nitrogens with zero attached hydrogens (tertiary/aromatic N) is 2. The Balaban J connectivity index is 2.38. The van der Waals surface area contributed by atoms with Crippen molar-refractivity contribution < 1.29 is 14.7 Å². The highest BCUT2D eigenvalue weighted by Gasteiger charge is 2.10. The Hall–Kier alpha value is -2.02. The highest BCUT2D eigenvalue weighted by atomic mass is 16.4. The lowest BCUT2D eigenvalue weighted by Crippen LogP contribution is -2.32. The zero-order valence-electron chi connectivity index (χ0n) is 11.0. The number of carbonyl (C=O) groups is 2. The molecule has 0 saturated carbocycles. The third kappa shape index (κ3) is 5.43. The van der Waals surface area contributed by atoms with Gasteiger partial charge in [0.2, 0.25) is 5.91 Å². The van der Waals surface area contributed by atoms with Gasteiger partial charge in [0.1, 0.15) is 11.9 Å². The van der Waals surface area contributed by atoms with Crippen LogP contribution in [0.1, 0.15) is 36.3 Å². The number of nitrogens with one attached hydrogen (secondary N) is 2. The van der Waals surface area contributed by atoms with Crippen LogP contribution < -0.4 is 10.6 Å². The number of carboxylic acid groups (broad SMARTS) is 1. The largest absolute Gasteiger partial charge is 0.478 e. The third-order valence-electron chi connectivity index (χ3n) is 2.30. The summed E-state index contributed by atoms with van der Waals surface area (Å²) < 4.78 is 0. The van der Waals surface area contributed by atoms with Crippen molar-refractivity contribution >= 4 is 11.9 Å². The second kappa shape index (κ2) is 7.42. The minimum atomic E-state index is -1.06. The molecule has 1 aromatic rings. The molecule has 1 amide bonds. The smallest absolute Gasteiger partial charge is 0.339 e. The summed E-state index contributed by atoms with van der Waals surface area (Å²) in [6.45, 7) is 4.54. The average Bonchev–Trinajstić information content (AvgIpc) is 2.34. The van der Waals surface area contributed by atoms with Gasteiger partial charge in [-0.15, -0.1) is 0 Å². The highest BCUT2D eigenvalue weighted by molar-refractivity contribution is 5.88. The van der Waals surface area contributed by atoms with Crippen LogP contribution in [-0.4, -0.2) is 39.5 Å². The van der Waals surface area contributed by atoms with Gasteiger partial charge in [0.25, 0.3) is 0 Å². The van der Waals surface area contributed by atoms with Crippen LogP contribution in [0, 0.1) is 0 Å². The third-order valence-corrected chi connectivity index (χ3v) is 2.30. The van der Waals surface area contributed by atoms with Crippen molar-refractivity contribution in [3.8, 4) is 0 Å². The van der Waals surface area contributed by atoms with Crippen molar-refractivity contribution in [2.75, 3.05) is 6.54 Å². The summed E-state index contributed by atoms with van der Waals surface area (Å²) in [6, 6.07) is 0.118.